The number of sulfonamides is 1. The summed E-state index contributed by atoms with van der Waals surface area (Å²) in [5.41, 5.74) is 0. The van der Waals surface area contributed by atoms with Crippen LogP contribution >= 0.6 is 0 Å². The molecule has 2 fully saturated rings. The predicted octanol–water partition coefficient (Wildman–Crippen LogP) is 1.62. The van der Waals surface area contributed by atoms with Crippen LogP contribution in [-0.4, -0.2) is 59.5 Å². The highest BCUT2D eigenvalue weighted by Gasteiger charge is 2.36. The first kappa shape index (κ1) is 18.4. The van der Waals surface area contributed by atoms with Crippen LogP contribution in [0.25, 0.3) is 0 Å². The van der Waals surface area contributed by atoms with E-state index in [1.807, 2.05) is 0 Å². The highest BCUT2D eigenvalue weighted by molar-refractivity contribution is 7.89. The number of rotatable bonds is 5. The fraction of sp³-hybridized carbons (Fsp3) is 0.625. The van der Waals surface area contributed by atoms with Gasteiger partial charge in [-0.15, -0.1) is 0 Å². The van der Waals surface area contributed by atoms with Gasteiger partial charge in [0.2, 0.25) is 10.0 Å². The van der Waals surface area contributed by atoms with Gasteiger partial charge in [0, 0.05) is 31.1 Å². The second-order valence-corrected chi connectivity index (χ2v) is 7.90. The molecule has 0 bridgehead atoms. The maximum Gasteiger partial charge on any atom is 0.246 e. The molecule has 2 saturated heterocycles. The lowest BCUT2D eigenvalue weighted by atomic mass is 9.98. The molecule has 25 heavy (non-hydrogen) atoms. The normalized spacial score (nSPS) is 20.8. The molecule has 0 radical (unpaired) electrons. The van der Waals surface area contributed by atoms with Gasteiger partial charge in [-0.2, -0.15) is 4.31 Å². The van der Waals surface area contributed by atoms with Crippen LogP contribution in [0.15, 0.2) is 17.0 Å². The Kier molecular flexibility index (Phi) is 5.47. The van der Waals surface area contributed by atoms with Crippen LogP contribution in [0.3, 0.4) is 0 Å². The van der Waals surface area contributed by atoms with Crippen molar-refractivity contribution in [1.29, 1.82) is 0 Å². The number of hydrogen-bond donors (Lipinski definition) is 0. The van der Waals surface area contributed by atoms with Gasteiger partial charge in [-0.3, -0.25) is 0 Å². The number of piperidine rings is 1. The molecular weight excluding hydrogens is 353 g/mol. The molecule has 1 aromatic carbocycles. The Bertz CT molecular complexity index is 712. The van der Waals surface area contributed by atoms with Crippen molar-refractivity contribution < 1.29 is 31.8 Å². The molecule has 9 heteroatoms. The number of hydrogen-bond acceptors (Lipinski definition) is 6. The van der Waals surface area contributed by atoms with E-state index in [-0.39, 0.29) is 23.7 Å². The fourth-order valence-corrected chi connectivity index (χ4v) is 4.74. The third-order valence-corrected chi connectivity index (χ3v) is 6.50. The second-order valence-electron chi connectivity index (χ2n) is 5.99. The van der Waals surface area contributed by atoms with E-state index in [0.717, 1.165) is 6.07 Å². The van der Waals surface area contributed by atoms with Crippen molar-refractivity contribution in [3.63, 3.8) is 0 Å². The minimum Gasteiger partial charge on any atom is -0.493 e. The van der Waals surface area contributed by atoms with Gasteiger partial charge in [0.15, 0.2) is 17.8 Å². The van der Waals surface area contributed by atoms with Crippen LogP contribution in [0.4, 0.5) is 4.39 Å². The van der Waals surface area contributed by atoms with Crippen LogP contribution in [-0.2, 0) is 19.5 Å². The van der Waals surface area contributed by atoms with Crippen molar-refractivity contribution in [2.75, 3.05) is 40.5 Å². The van der Waals surface area contributed by atoms with Gasteiger partial charge in [-0.05, 0) is 12.8 Å². The molecule has 0 saturated carbocycles. The maximum absolute atomic E-state index is 14.3. The van der Waals surface area contributed by atoms with Gasteiger partial charge in [0.05, 0.1) is 27.4 Å². The first-order valence-electron chi connectivity index (χ1n) is 8.12. The van der Waals surface area contributed by atoms with E-state index in [1.165, 1.54) is 24.6 Å². The first-order chi connectivity index (χ1) is 12.0. The quantitative estimate of drug-likeness (QED) is 0.779. The van der Waals surface area contributed by atoms with E-state index in [2.05, 4.69) is 0 Å². The van der Waals surface area contributed by atoms with Crippen molar-refractivity contribution in [2.45, 2.75) is 24.0 Å². The molecule has 0 spiro atoms. The third kappa shape index (κ3) is 3.59. The average Bonchev–Trinajstić information content (AvgIpc) is 3.16. The summed E-state index contributed by atoms with van der Waals surface area (Å²) in [6, 6.07) is 2.19. The predicted molar refractivity (Wildman–Crippen MR) is 86.7 cm³/mol. The van der Waals surface area contributed by atoms with Crippen molar-refractivity contribution in [1.82, 2.24) is 4.31 Å². The monoisotopic (exact) mass is 375 g/mol. The Labute approximate surface area is 146 Å². The molecule has 140 valence electrons. The standard InChI is InChI=1S/C16H22FNO6S/c1-21-13-9-12(17)15(10-14(13)22-2)25(19,20)18-5-3-11(4-6-18)16-23-7-8-24-16/h9-11,16H,3-8H2,1-2H3. The highest BCUT2D eigenvalue weighted by atomic mass is 32.2. The van der Waals surface area contributed by atoms with Gasteiger partial charge in [0.25, 0.3) is 0 Å². The summed E-state index contributed by atoms with van der Waals surface area (Å²) in [6.07, 6.45) is 0.958. The Morgan fingerprint density at radius 3 is 2.20 bits per heavy atom. The molecule has 2 heterocycles. The maximum atomic E-state index is 14.3. The first-order valence-corrected chi connectivity index (χ1v) is 9.56. The lowest BCUT2D eigenvalue weighted by Gasteiger charge is -2.33. The molecular formula is C16H22FNO6S. The number of benzene rings is 1. The Balaban J connectivity index is 1.78. The lowest BCUT2D eigenvalue weighted by molar-refractivity contribution is -0.0938. The van der Waals surface area contributed by atoms with Crippen molar-refractivity contribution in [2.24, 2.45) is 5.92 Å². The zero-order chi connectivity index (χ0) is 18.0. The lowest BCUT2D eigenvalue weighted by Crippen LogP contribution is -2.41. The van der Waals surface area contributed by atoms with E-state index >= 15 is 0 Å². The Hall–Kier alpha value is -1.42. The summed E-state index contributed by atoms with van der Waals surface area (Å²) in [5.74, 6) is -0.385. The number of methoxy groups -OCH3 is 2. The second kappa shape index (κ2) is 7.45. The zero-order valence-electron chi connectivity index (χ0n) is 14.2. The average molecular weight is 375 g/mol. The number of ether oxygens (including phenoxy) is 4. The molecule has 7 nitrogen and oxygen atoms in total. The minimum atomic E-state index is -3.96. The summed E-state index contributed by atoms with van der Waals surface area (Å²) < 4.78 is 62.4. The van der Waals surface area contributed by atoms with E-state index in [0.29, 0.717) is 39.1 Å². The van der Waals surface area contributed by atoms with Crippen LogP contribution in [0.2, 0.25) is 0 Å². The fourth-order valence-electron chi connectivity index (χ4n) is 3.21. The van der Waals surface area contributed by atoms with Crippen LogP contribution in [0.1, 0.15) is 12.8 Å². The molecule has 3 rings (SSSR count). The van der Waals surface area contributed by atoms with E-state index < -0.39 is 20.7 Å². The summed E-state index contributed by atoms with van der Waals surface area (Å²) in [7, 11) is -1.22. The summed E-state index contributed by atoms with van der Waals surface area (Å²) in [5, 5.41) is 0. The smallest absolute Gasteiger partial charge is 0.246 e. The topological polar surface area (TPSA) is 74.3 Å². The molecule has 0 unspecified atom stereocenters. The molecule has 2 aliphatic rings. The minimum absolute atomic E-state index is 0.146. The molecule has 0 N–H and O–H groups in total. The Morgan fingerprint density at radius 2 is 1.64 bits per heavy atom. The SMILES string of the molecule is COc1cc(F)c(S(=O)(=O)N2CCC(C3OCCO3)CC2)cc1OC. The molecule has 1 aromatic rings. The van der Waals surface area contributed by atoms with Crippen molar-refractivity contribution >= 4 is 10.0 Å². The van der Waals surface area contributed by atoms with E-state index in [1.54, 1.807) is 0 Å². The van der Waals surface area contributed by atoms with E-state index in [4.69, 9.17) is 18.9 Å². The van der Waals surface area contributed by atoms with Gasteiger partial charge in [-0.1, -0.05) is 0 Å². The molecule has 0 aliphatic carbocycles. The van der Waals surface area contributed by atoms with Crippen LogP contribution in [0.5, 0.6) is 11.5 Å². The highest BCUT2D eigenvalue weighted by Crippen LogP contribution is 2.35. The van der Waals surface area contributed by atoms with Crippen LogP contribution in [0, 0.1) is 11.7 Å². The largest absolute Gasteiger partial charge is 0.493 e. The summed E-state index contributed by atoms with van der Waals surface area (Å²) in [6.45, 7) is 1.73. The summed E-state index contributed by atoms with van der Waals surface area (Å²) in [4.78, 5) is -0.406. The molecule has 0 aromatic heterocycles. The Morgan fingerprint density at radius 1 is 1.08 bits per heavy atom. The van der Waals surface area contributed by atoms with Gasteiger partial charge < -0.3 is 18.9 Å². The molecule has 2 aliphatic heterocycles. The van der Waals surface area contributed by atoms with Gasteiger partial charge >= 0.3 is 0 Å². The summed E-state index contributed by atoms with van der Waals surface area (Å²) >= 11 is 0. The number of nitrogens with zero attached hydrogens (tertiary/aromatic N) is 1. The molecule has 0 amide bonds. The molecule has 0 atom stereocenters. The van der Waals surface area contributed by atoms with Crippen molar-refractivity contribution in [3.05, 3.63) is 17.9 Å². The van der Waals surface area contributed by atoms with Gasteiger partial charge in [0.1, 0.15) is 10.7 Å². The van der Waals surface area contributed by atoms with Crippen LogP contribution < -0.4 is 9.47 Å². The van der Waals surface area contributed by atoms with E-state index in [9.17, 15) is 12.8 Å². The number of halogens is 1. The van der Waals surface area contributed by atoms with Crippen molar-refractivity contribution in [3.8, 4) is 11.5 Å². The third-order valence-electron chi connectivity index (χ3n) is 4.59. The zero-order valence-corrected chi connectivity index (χ0v) is 15.1. The van der Waals surface area contributed by atoms with Gasteiger partial charge in [-0.25, -0.2) is 12.8 Å².